The normalized spacial score (nSPS) is 24.3. The predicted molar refractivity (Wildman–Crippen MR) is 158 cm³/mol. The minimum absolute atomic E-state index is 0.0266. The fraction of sp³-hybridized carbons (Fsp3) is 0.464. The van der Waals surface area contributed by atoms with E-state index >= 15 is 0 Å². The Hall–Kier alpha value is -2.08. The number of benzene rings is 2. The number of amides is 1. The molecule has 3 heterocycles. The lowest BCUT2D eigenvalue weighted by Crippen LogP contribution is -2.54. The molecule has 2 saturated heterocycles. The summed E-state index contributed by atoms with van der Waals surface area (Å²) in [6, 6.07) is 14.5. The fourth-order valence-electron chi connectivity index (χ4n) is 5.45. The molecule has 8 nitrogen and oxygen atoms in total. The predicted octanol–water partition coefficient (Wildman–Crippen LogP) is 3.53. The topological polar surface area (TPSA) is 82.2 Å². The van der Waals surface area contributed by atoms with Gasteiger partial charge in [-0.1, -0.05) is 41.9 Å². The van der Waals surface area contributed by atoms with E-state index in [9.17, 15) is 13.2 Å². The summed E-state index contributed by atoms with van der Waals surface area (Å²) in [6.07, 6.45) is 4.88. The van der Waals surface area contributed by atoms with Crippen LogP contribution < -0.4 is 10.4 Å². The lowest BCUT2D eigenvalue weighted by atomic mass is 10.0. The van der Waals surface area contributed by atoms with Gasteiger partial charge in [0.1, 0.15) is 6.04 Å². The zero-order chi connectivity index (χ0) is 27.6. The first-order valence-electron chi connectivity index (χ1n) is 13.2. The smallest absolute Gasteiger partial charge is 0.241 e. The Balaban J connectivity index is 1.31. The molecule has 210 valence electrons. The van der Waals surface area contributed by atoms with Crippen molar-refractivity contribution in [3.63, 3.8) is 0 Å². The number of piperazine rings is 1. The molecule has 39 heavy (non-hydrogen) atoms. The van der Waals surface area contributed by atoms with Crippen LogP contribution in [0, 0.1) is 0 Å². The van der Waals surface area contributed by atoms with E-state index in [-0.39, 0.29) is 23.2 Å². The first-order chi connectivity index (χ1) is 18.7. The maximum absolute atomic E-state index is 13.6. The van der Waals surface area contributed by atoms with E-state index in [1.165, 1.54) is 6.26 Å². The van der Waals surface area contributed by atoms with E-state index in [2.05, 4.69) is 21.4 Å². The van der Waals surface area contributed by atoms with Gasteiger partial charge in [-0.2, -0.15) is 0 Å². The summed E-state index contributed by atoms with van der Waals surface area (Å²) in [6.45, 7) is 4.68. The number of nitrogens with zero attached hydrogens (tertiary/aromatic N) is 3. The zero-order valence-corrected chi connectivity index (χ0v) is 24.6. The van der Waals surface area contributed by atoms with Crippen LogP contribution in [0.2, 0.25) is 5.02 Å². The number of halogens is 1. The molecular weight excluding hydrogens is 556 g/mol. The van der Waals surface area contributed by atoms with E-state index in [4.69, 9.17) is 16.3 Å². The summed E-state index contributed by atoms with van der Waals surface area (Å²) in [4.78, 5) is 19.3. The van der Waals surface area contributed by atoms with Gasteiger partial charge in [-0.3, -0.25) is 9.69 Å². The third kappa shape index (κ3) is 6.47. The van der Waals surface area contributed by atoms with Gasteiger partial charge in [0.25, 0.3) is 0 Å². The summed E-state index contributed by atoms with van der Waals surface area (Å²) < 4.78 is 29.4. The molecule has 5 rings (SSSR count). The quantitative estimate of drug-likeness (QED) is 0.500. The largest absolute Gasteiger partial charge is 0.383 e. The Kier molecular flexibility index (Phi) is 8.90. The molecule has 3 unspecified atom stereocenters. The van der Waals surface area contributed by atoms with Crippen LogP contribution in [0.4, 0.5) is 5.69 Å². The first kappa shape index (κ1) is 28.4. The molecule has 3 aliphatic rings. The summed E-state index contributed by atoms with van der Waals surface area (Å²) in [5, 5.41) is 2.89. The number of sulfone groups is 1. The summed E-state index contributed by atoms with van der Waals surface area (Å²) in [5.41, 5.74) is 5.27. The molecular formula is C28H35ClN4O4S2. The maximum Gasteiger partial charge on any atom is 0.241 e. The van der Waals surface area contributed by atoms with Crippen LogP contribution in [0.25, 0.3) is 4.91 Å². The number of allylic oxidation sites excluding steroid dienone is 1. The van der Waals surface area contributed by atoms with Crippen molar-refractivity contribution in [3.05, 3.63) is 65.2 Å². The minimum atomic E-state index is -3.29. The number of anilines is 1. The second-order valence-electron chi connectivity index (χ2n) is 10.2. The molecule has 0 aromatic heterocycles. The maximum atomic E-state index is 13.6. The van der Waals surface area contributed by atoms with E-state index in [1.54, 1.807) is 37.1 Å². The monoisotopic (exact) mass is 590 g/mol. The molecule has 0 aliphatic carbocycles. The third-order valence-electron chi connectivity index (χ3n) is 7.60. The van der Waals surface area contributed by atoms with Gasteiger partial charge in [0.05, 0.1) is 28.3 Å². The Morgan fingerprint density at radius 3 is 2.62 bits per heavy atom. The summed E-state index contributed by atoms with van der Waals surface area (Å²) in [5.74, 6) is 0.123. The highest BCUT2D eigenvalue weighted by Crippen LogP contribution is 2.45. The first-order valence-corrected chi connectivity index (χ1v) is 16.4. The van der Waals surface area contributed by atoms with Crippen molar-refractivity contribution in [3.8, 4) is 0 Å². The number of hydrazine groups is 1. The fourth-order valence-corrected chi connectivity index (χ4v) is 7.71. The van der Waals surface area contributed by atoms with Gasteiger partial charge < -0.3 is 14.6 Å². The molecule has 3 atom stereocenters. The Bertz CT molecular complexity index is 1330. The number of para-hydroxylation sites is 1. The number of hydrogen-bond acceptors (Lipinski definition) is 8. The molecule has 3 aliphatic heterocycles. The average molecular weight is 591 g/mol. The number of nitrogens with one attached hydrogen (secondary N) is 1. The van der Waals surface area contributed by atoms with Crippen molar-refractivity contribution in [2.24, 2.45) is 0 Å². The van der Waals surface area contributed by atoms with E-state index in [1.807, 2.05) is 35.2 Å². The standard InChI is InChI=1S/C28H35ClN4O4S2/c1-37-17-16-31-12-14-32(15-13-31)28(34)23-19-25(33(30-23)24-9-4-3-8-22(24)29)27-11-10-26(38-27)20-6-5-7-21(18-20)39(2,35)36/h3-10,18,23,25,27,30H,11-17,19H2,1-2H3. The number of carbonyl (C=O) groups excluding carboxylic acids is 1. The lowest BCUT2D eigenvalue weighted by Gasteiger charge is -2.35. The van der Waals surface area contributed by atoms with Gasteiger partial charge in [0, 0.05) is 56.2 Å². The summed E-state index contributed by atoms with van der Waals surface area (Å²) in [7, 11) is -1.58. The minimum Gasteiger partial charge on any atom is -0.383 e. The van der Waals surface area contributed by atoms with Gasteiger partial charge in [-0.05, 0) is 42.7 Å². The van der Waals surface area contributed by atoms with Crippen molar-refractivity contribution >= 4 is 49.7 Å². The van der Waals surface area contributed by atoms with Gasteiger partial charge in [-0.15, -0.1) is 11.8 Å². The molecule has 2 aromatic carbocycles. The van der Waals surface area contributed by atoms with Crippen LogP contribution in [0.3, 0.4) is 0 Å². The second kappa shape index (κ2) is 12.2. The average Bonchev–Trinajstić information content (AvgIpc) is 3.60. The highest BCUT2D eigenvalue weighted by molar-refractivity contribution is 8.09. The SMILES string of the molecule is COCCN1CCN(C(=O)C2CC(C3CC=C(c4cccc(S(C)(=O)=O)c4)S3)N(c3ccccc3Cl)N2)CC1. The summed E-state index contributed by atoms with van der Waals surface area (Å²) >= 11 is 8.37. The van der Waals surface area contributed by atoms with Gasteiger partial charge in [0.15, 0.2) is 9.84 Å². The third-order valence-corrected chi connectivity index (χ3v) is 10.5. The van der Waals surface area contributed by atoms with Crippen LogP contribution >= 0.6 is 23.4 Å². The lowest BCUT2D eigenvalue weighted by molar-refractivity contribution is -0.134. The van der Waals surface area contributed by atoms with Crippen LogP contribution in [-0.4, -0.2) is 94.2 Å². The van der Waals surface area contributed by atoms with E-state index in [0.29, 0.717) is 36.0 Å². The van der Waals surface area contributed by atoms with Crippen LogP contribution in [0.1, 0.15) is 18.4 Å². The van der Waals surface area contributed by atoms with Crippen LogP contribution in [0.15, 0.2) is 59.5 Å². The molecule has 1 amide bonds. The number of ether oxygens (including phenoxy) is 1. The van der Waals surface area contributed by atoms with Crippen molar-refractivity contribution in [2.75, 3.05) is 57.7 Å². The molecule has 0 bridgehead atoms. The second-order valence-corrected chi connectivity index (χ2v) is 13.9. The van der Waals surface area contributed by atoms with Crippen LogP contribution in [0.5, 0.6) is 0 Å². The van der Waals surface area contributed by atoms with Gasteiger partial charge >= 0.3 is 0 Å². The number of hydrogen-bond donors (Lipinski definition) is 1. The molecule has 2 aromatic rings. The molecule has 0 saturated carbocycles. The Morgan fingerprint density at radius 1 is 1.13 bits per heavy atom. The van der Waals surface area contributed by atoms with Crippen LogP contribution in [-0.2, 0) is 19.4 Å². The molecule has 1 N–H and O–H groups in total. The van der Waals surface area contributed by atoms with Crippen molar-refractivity contribution in [1.82, 2.24) is 15.2 Å². The number of thioether (sulfide) groups is 1. The number of carbonyl (C=O) groups is 1. The number of methoxy groups -OCH3 is 1. The van der Waals surface area contributed by atoms with E-state index < -0.39 is 9.84 Å². The highest BCUT2D eigenvalue weighted by Gasteiger charge is 2.43. The van der Waals surface area contributed by atoms with Gasteiger partial charge in [0.2, 0.25) is 5.91 Å². The number of rotatable bonds is 8. The molecule has 0 radical (unpaired) electrons. The molecule has 11 heteroatoms. The van der Waals surface area contributed by atoms with Gasteiger partial charge in [-0.25, -0.2) is 13.8 Å². The molecule has 2 fully saturated rings. The Morgan fingerprint density at radius 2 is 1.90 bits per heavy atom. The highest BCUT2D eigenvalue weighted by atomic mass is 35.5. The van der Waals surface area contributed by atoms with E-state index in [0.717, 1.165) is 42.2 Å². The van der Waals surface area contributed by atoms with Crippen molar-refractivity contribution in [2.45, 2.75) is 35.1 Å². The van der Waals surface area contributed by atoms with Crippen molar-refractivity contribution < 1.29 is 17.9 Å². The van der Waals surface area contributed by atoms with Crippen molar-refractivity contribution in [1.29, 1.82) is 0 Å². The Labute approximate surface area is 240 Å². The zero-order valence-electron chi connectivity index (χ0n) is 22.3. The molecule has 0 spiro atoms.